The van der Waals surface area contributed by atoms with Gasteiger partial charge >= 0.3 is 0 Å². The minimum Gasteiger partial charge on any atom is -0.373 e. The summed E-state index contributed by atoms with van der Waals surface area (Å²) in [5.41, 5.74) is 0. The Kier molecular flexibility index (Phi) is 6.17. The predicted octanol–water partition coefficient (Wildman–Crippen LogP) is 1.98. The maximum atomic E-state index is 6.02. The van der Waals surface area contributed by atoms with Gasteiger partial charge in [-0.1, -0.05) is 6.92 Å². The second kappa shape index (κ2) is 8.34. The highest BCUT2D eigenvalue weighted by Crippen LogP contribution is 2.24. The number of hydrogen-bond donors (Lipinski definition) is 2. The summed E-state index contributed by atoms with van der Waals surface area (Å²) in [7, 11) is 0. The molecule has 2 aliphatic heterocycles. The molecule has 2 unspecified atom stereocenters. The van der Waals surface area contributed by atoms with Gasteiger partial charge in [0.05, 0.1) is 19.3 Å². The number of nitrogens with zero attached hydrogens (tertiary/aromatic N) is 2. The number of hydrogen-bond acceptors (Lipinski definition) is 3. The van der Waals surface area contributed by atoms with Gasteiger partial charge < -0.3 is 15.4 Å². The molecule has 2 heterocycles. The number of morpholine rings is 1. The highest BCUT2D eigenvalue weighted by molar-refractivity contribution is 5.80. The third kappa shape index (κ3) is 4.83. The Balaban J connectivity index is 1.48. The summed E-state index contributed by atoms with van der Waals surface area (Å²) in [6.07, 6.45) is 8.08. The molecule has 3 rings (SSSR count). The second-order valence-corrected chi connectivity index (χ2v) is 7.57. The van der Waals surface area contributed by atoms with Gasteiger partial charge in [-0.2, -0.15) is 0 Å². The number of guanidine groups is 1. The molecule has 0 aromatic heterocycles. The van der Waals surface area contributed by atoms with Gasteiger partial charge in [0.1, 0.15) is 0 Å². The Morgan fingerprint density at radius 3 is 2.83 bits per heavy atom. The molecule has 0 aromatic carbocycles. The molecule has 0 bridgehead atoms. The van der Waals surface area contributed by atoms with Crippen LogP contribution in [0.4, 0.5) is 0 Å². The maximum Gasteiger partial charge on any atom is 0.191 e. The zero-order valence-electron chi connectivity index (χ0n) is 14.9. The Labute approximate surface area is 141 Å². The Hall–Kier alpha value is -0.810. The molecule has 5 nitrogen and oxygen atoms in total. The molecule has 3 fully saturated rings. The second-order valence-electron chi connectivity index (χ2n) is 7.57. The van der Waals surface area contributed by atoms with E-state index in [4.69, 9.17) is 9.73 Å². The number of aliphatic imine (C=N–C) groups is 1. The van der Waals surface area contributed by atoms with Crippen molar-refractivity contribution >= 4 is 5.96 Å². The quantitative estimate of drug-likeness (QED) is 0.614. The van der Waals surface area contributed by atoms with Crippen LogP contribution in [0.15, 0.2) is 4.99 Å². The third-order valence-electron chi connectivity index (χ3n) is 5.62. The zero-order valence-corrected chi connectivity index (χ0v) is 14.9. The maximum absolute atomic E-state index is 6.02. The van der Waals surface area contributed by atoms with Gasteiger partial charge in [0.15, 0.2) is 5.96 Å². The third-order valence-corrected chi connectivity index (χ3v) is 5.62. The first-order chi connectivity index (χ1) is 11.2. The van der Waals surface area contributed by atoms with E-state index in [1.807, 2.05) is 0 Å². The van der Waals surface area contributed by atoms with Gasteiger partial charge in [-0.15, -0.1) is 0 Å². The summed E-state index contributed by atoms with van der Waals surface area (Å²) in [6.45, 7) is 9.36. The smallest absolute Gasteiger partial charge is 0.191 e. The monoisotopic (exact) mass is 322 g/mol. The van der Waals surface area contributed by atoms with Crippen molar-refractivity contribution in [3.63, 3.8) is 0 Å². The van der Waals surface area contributed by atoms with Crippen molar-refractivity contribution in [2.45, 2.75) is 70.6 Å². The van der Waals surface area contributed by atoms with Crippen LogP contribution in [-0.2, 0) is 4.74 Å². The van der Waals surface area contributed by atoms with Gasteiger partial charge in [0, 0.05) is 25.2 Å². The number of nitrogens with one attached hydrogen (secondary N) is 2. The summed E-state index contributed by atoms with van der Waals surface area (Å²) in [4.78, 5) is 7.40. The van der Waals surface area contributed by atoms with Gasteiger partial charge in [0.25, 0.3) is 0 Å². The summed E-state index contributed by atoms with van der Waals surface area (Å²) >= 11 is 0. The van der Waals surface area contributed by atoms with Crippen LogP contribution < -0.4 is 10.6 Å². The normalized spacial score (nSPS) is 35.8. The van der Waals surface area contributed by atoms with Crippen molar-refractivity contribution in [1.29, 1.82) is 0 Å². The Morgan fingerprint density at radius 1 is 1.22 bits per heavy atom. The lowest BCUT2D eigenvalue weighted by Crippen LogP contribution is -2.48. The van der Waals surface area contributed by atoms with Crippen LogP contribution in [0.25, 0.3) is 0 Å². The number of fused-ring (bicyclic) bond motifs is 1. The van der Waals surface area contributed by atoms with E-state index in [9.17, 15) is 0 Å². The minimum absolute atomic E-state index is 0.256. The molecule has 1 saturated carbocycles. The standard InChI is InChI=1S/C18H34N4O/c1-3-19-18(21-15-8-6-14(2)7-9-15)20-11-17-12-22-10-4-5-16(22)13-23-17/h14-17H,3-13H2,1-2H3,(H2,19,20,21). The molecule has 132 valence electrons. The van der Waals surface area contributed by atoms with Gasteiger partial charge in [-0.3, -0.25) is 9.89 Å². The molecule has 23 heavy (non-hydrogen) atoms. The Morgan fingerprint density at radius 2 is 2.04 bits per heavy atom. The van der Waals surface area contributed by atoms with E-state index in [1.54, 1.807) is 0 Å². The van der Waals surface area contributed by atoms with Crippen molar-refractivity contribution in [3.05, 3.63) is 0 Å². The van der Waals surface area contributed by atoms with E-state index in [1.165, 1.54) is 45.1 Å². The number of ether oxygens (including phenoxy) is 1. The molecular weight excluding hydrogens is 288 g/mol. The first kappa shape index (κ1) is 17.0. The first-order valence-electron chi connectivity index (χ1n) is 9.65. The predicted molar refractivity (Wildman–Crippen MR) is 94.9 cm³/mol. The molecule has 0 radical (unpaired) electrons. The molecule has 2 N–H and O–H groups in total. The first-order valence-corrected chi connectivity index (χ1v) is 9.65. The van der Waals surface area contributed by atoms with Crippen LogP contribution in [0.1, 0.15) is 52.4 Å². The summed E-state index contributed by atoms with van der Waals surface area (Å²) in [5, 5.41) is 7.03. The Bertz CT molecular complexity index is 392. The van der Waals surface area contributed by atoms with Crippen LogP contribution in [0.2, 0.25) is 0 Å². The highest BCUT2D eigenvalue weighted by atomic mass is 16.5. The van der Waals surface area contributed by atoms with E-state index in [0.29, 0.717) is 12.1 Å². The topological polar surface area (TPSA) is 48.9 Å². The lowest BCUT2D eigenvalue weighted by Gasteiger charge is -2.34. The molecule has 0 spiro atoms. The molecule has 2 atom stereocenters. The van der Waals surface area contributed by atoms with Gasteiger partial charge in [0.2, 0.25) is 0 Å². The van der Waals surface area contributed by atoms with Gasteiger partial charge in [-0.05, 0) is 57.9 Å². The van der Waals surface area contributed by atoms with E-state index < -0.39 is 0 Å². The van der Waals surface area contributed by atoms with Crippen molar-refractivity contribution in [1.82, 2.24) is 15.5 Å². The summed E-state index contributed by atoms with van der Waals surface area (Å²) in [6, 6.07) is 1.25. The lowest BCUT2D eigenvalue weighted by molar-refractivity contribution is -0.0432. The molecule has 0 amide bonds. The van der Waals surface area contributed by atoms with Crippen LogP contribution in [0, 0.1) is 5.92 Å². The number of rotatable bonds is 4. The summed E-state index contributed by atoms with van der Waals surface area (Å²) in [5.74, 6) is 1.86. The van der Waals surface area contributed by atoms with E-state index in [0.717, 1.165) is 38.1 Å². The fourth-order valence-electron chi connectivity index (χ4n) is 4.11. The zero-order chi connectivity index (χ0) is 16.1. The van der Waals surface area contributed by atoms with Crippen LogP contribution in [-0.4, -0.2) is 61.8 Å². The molecular formula is C18H34N4O. The average Bonchev–Trinajstić information content (AvgIpc) is 3.02. The largest absolute Gasteiger partial charge is 0.373 e. The molecule has 0 aromatic rings. The molecule has 5 heteroatoms. The fourth-order valence-corrected chi connectivity index (χ4v) is 4.11. The van der Waals surface area contributed by atoms with E-state index in [2.05, 4.69) is 29.4 Å². The molecule has 2 saturated heterocycles. The van der Waals surface area contributed by atoms with Crippen LogP contribution >= 0.6 is 0 Å². The van der Waals surface area contributed by atoms with Crippen LogP contribution in [0.5, 0.6) is 0 Å². The molecule has 3 aliphatic rings. The van der Waals surface area contributed by atoms with E-state index in [-0.39, 0.29) is 6.10 Å². The van der Waals surface area contributed by atoms with Crippen molar-refractivity contribution in [2.75, 3.05) is 32.8 Å². The lowest BCUT2D eigenvalue weighted by atomic mass is 9.87. The van der Waals surface area contributed by atoms with Crippen molar-refractivity contribution < 1.29 is 4.74 Å². The van der Waals surface area contributed by atoms with E-state index >= 15 is 0 Å². The fraction of sp³-hybridized carbons (Fsp3) is 0.944. The van der Waals surface area contributed by atoms with Crippen LogP contribution in [0.3, 0.4) is 0 Å². The summed E-state index contributed by atoms with van der Waals surface area (Å²) < 4.78 is 6.02. The van der Waals surface area contributed by atoms with Crippen molar-refractivity contribution in [3.8, 4) is 0 Å². The SMILES string of the molecule is CCNC(=NCC1CN2CCCC2CO1)NC1CCC(C)CC1. The van der Waals surface area contributed by atoms with Gasteiger partial charge in [-0.25, -0.2) is 0 Å². The minimum atomic E-state index is 0.256. The average molecular weight is 322 g/mol. The van der Waals surface area contributed by atoms with Crippen molar-refractivity contribution in [2.24, 2.45) is 10.9 Å². The molecule has 1 aliphatic carbocycles. The highest BCUT2D eigenvalue weighted by Gasteiger charge is 2.32.